The van der Waals surface area contributed by atoms with Gasteiger partial charge in [0.05, 0.1) is 22.9 Å². The molecule has 0 aliphatic carbocycles. The van der Waals surface area contributed by atoms with Gasteiger partial charge in [0.25, 0.3) is 0 Å². The van der Waals surface area contributed by atoms with Crippen molar-refractivity contribution < 1.29 is 34.2 Å². The fourth-order valence-corrected chi connectivity index (χ4v) is 5.35. The number of halogens is 3. The van der Waals surface area contributed by atoms with Crippen molar-refractivity contribution in [1.29, 1.82) is 0 Å². The number of unbranched alkanes of at least 4 members (excludes halogenated alkanes) is 2. The average Bonchev–Trinajstić information content (AvgIpc) is 3.69. The number of anilines is 2. The van der Waals surface area contributed by atoms with Gasteiger partial charge in [0.2, 0.25) is 0 Å². The van der Waals surface area contributed by atoms with Crippen molar-refractivity contribution in [2.45, 2.75) is 71.0 Å². The number of hydrogen-bond donors (Lipinski definition) is 0. The molecule has 232 valence electrons. The second-order valence-corrected chi connectivity index (χ2v) is 10.5. The predicted octanol–water partition coefficient (Wildman–Crippen LogP) is 8.19. The molecule has 7 nitrogen and oxygen atoms in total. The standard InChI is InChI=1S/C33H34F3N7.Pt/c1-4-6-21-32(22-7-5-2,26-13-9-8-10-14-26)43(30-17-11-15-28(37-30)41-23-19-25(3)39-41)31-18-12-16-29(38-31)42-24-20-27(40-42)33(34,35)36;/h8-20H,4-7,21-22H2,1-3H3;/q-2;+2. The van der Waals surface area contributed by atoms with Crippen LogP contribution in [0.4, 0.5) is 24.8 Å². The van der Waals surface area contributed by atoms with Crippen molar-refractivity contribution in [3.05, 3.63) is 108 Å². The molecule has 0 amide bonds. The molecule has 4 aromatic heterocycles. The minimum Gasteiger partial charge on any atom is -0.343 e. The predicted molar refractivity (Wildman–Crippen MR) is 159 cm³/mol. The number of alkyl halides is 3. The van der Waals surface area contributed by atoms with E-state index in [0.29, 0.717) is 17.5 Å². The summed E-state index contributed by atoms with van der Waals surface area (Å²) in [6.45, 7) is 6.23. The van der Waals surface area contributed by atoms with E-state index < -0.39 is 17.4 Å². The molecular weight excluding hydrogens is 746 g/mol. The normalized spacial score (nSPS) is 11.8. The molecule has 0 radical (unpaired) electrons. The van der Waals surface area contributed by atoms with Crippen molar-refractivity contribution in [2.24, 2.45) is 0 Å². The minimum absolute atomic E-state index is 0. The van der Waals surface area contributed by atoms with Gasteiger partial charge >= 0.3 is 27.2 Å². The molecule has 1 aromatic carbocycles. The van der Waals surface area contributed by atoms with Gasteiger partial charge in [-0.3, -0.25) is 20.2 Å². The van der Waals surface area contributed by atoms with Crippen LogP contribution in [0.3, 0.4) is 0 Å². The maximum absolute atomic E-state index is 13.4. The smallest absolute Gasteiger partial charge is 0.343 e. The van der Waals surface area contributed by atoms with E-state index in [1.807, 2.05) is 49.4 Å². The monoisotopic (exact) mass is 780 g/mol. The molecular formula is C33H34F3N7Pt. The van der Waals surface area contributed by atoms with Crippen LogP contribution in [0.2, 0.25) is 0 Å². The summed E-state index contributed by atoms with van der Waals surface area (Å²) < 4.78 is 42.7. The second kappa shape index (κ2) is 14.3. The van der Waals surface area contributed by atoms with Crippen LogP contribution in [-0.2, 0) is 32.8 Å². The van der Waals surface area contributed by atoms with E-state index in [0.717, 1.165) is 60.5 Å². The number of hydrogen-bond acceptors (Lipinski definition) is 5. The third-order valence-corrected chi connectivity index (χ3v) is 7.43. The summed E-state index contributed by atoms with van der Waals surface area (Å²) in [5.41, 5.74) is 0.347. The first-order valence-corrected chi connectivity index (χ1v) is 14.5. The van der Waals surface area contributed by atoms with Crippen molar-refractivity contribution in [3.8, 4) is 11.6 Å². The molecule has 5 rings (SSSR count). The number of pyridine rings is 2. The first-order chi connectivity index (χ1) is 20.7. The minimum atomic E-state index is -4.58. The van der Waals surface area contributed by atoms with Crippen LogP contribution in [0.1, 0.15) is 69.3 Å². The van der Waals surface area contributed by atoms with E-state index in [1.165, 1.54) is 0 Å². The molecule has 0 saturated carbocycles. The number of aromatic nitrogens is 6. The van der Waals surface area contributed by atoms with Crippen LogP contribution >= 0.6 is 0 Å². The van der Waals surface area contributed by atoms with Gasteiger partial charge in [0, 0.05) is 0 Å². The number of benzene rings is 1. The number of rotatable bonds is 12. The first kappa shape index (κ1) is 33.1. The van der Waals surface area contributed by atoms with Crippen molar-refractivity contribution in [2.75, 3.05) is 4.90 Å². The fourth-order valence-electron chi connectivity index (χ4n) is 5.35. The topological polar surface area (TPSA) is 64.7 Å². The van der Waals surface area contributed by atoms with Gasteiger partial charge in [0.15, 0.2) is 0 Å². The molecule has 0 fully saturated rings. The van der Waals surface area contributed by atoms with Crippen LogP contribution in [-0.4, -0.2) is 29.5 Å². The van der Waals surface area contributed by atoms with Crippen LogP contribution in [0.25, 0.3) is 11.6 Å². The summed E-state index contributed by atoms with van der Waals surface area (Å²) in [6, 6.07) is 24.0. The Morgan fingerprint density at radius 2 is 1.27 bits per heavy atom. The Labute approximate surface area is 270 Å². The SMILES string of the molecule is CCCCC(CCCC)(c1ccccc1)N(c1cccc(-n2[c-]cc(C)n2)n1)c1cccc(-n2[c-]cc(C(F)(F)F)n2)n1.[Pt+2]. The maximum Gasteiger partial charge on any atom is 2.00 e. The van der Waals surface area contributed by atoms with E-state index in [4.69, 9.17) is 9.97 Å². The molecule has 0 atom stereocenters. The van der Waals surface area contributed by atoms with E-state index >= 15 is 0 Å². The Balaban J connectivity index is 0.00000442. The summed E-state index contributed by atoms with van der Waals surface area (Å²) in [5.74, 6) is 1.99. The van der Waals surface area contributed by atoms with Gasteiger partial charge in [-0.2, -0.15) is 13.2 Å². The van der Waals surface area contributed by atoms with E-state index in [2.05, 4.69) is 53.5 Å². The van der Waals surface area contributed by atoms with Crippen LogP contribution in [0, 0.1) is 19.3 Å². The molecule has 11 heteroatoms. The molecule has 0 aliphatic heterocycles. The fraction of sp³-hybridized carbons (Fsp3) is 0.333. The molecule has 0 N–H and O–H groups in total. The Morgan fingerprint density at radius 3 is 1.75 bits per heavy atom. The molecule has 0 saturated heterocycles. The zero-order valence-corrected chi connectivity index (χ0v) is 27.1. The van der Waals surface area contributed by atoms with Gasteiger partial charge < -0.3 is 14.3 Å². The molecule has 0 unspecified atom stereocenters. The van der Waals surface area contributed by atoms with Gasteiger partial charge in [0.1, 0.15) is 11.6 Å². The third kappa shape index (κ3) is 7.12. The Kier molecular flexibility index (Phi) is 10.8. The molecule has 5 aromatic rings. The quantitative estimate of drug-likeness (QED) is 0.120. The zero-order valence-electron chi connectivity index (χ0n) is 24.8. The van der Waals surface area contributed by atoms with E-state index in [9.17, 15) is 13.2 Å². The Hall–Kier alpha value is -3.78. The molecule has 0 bridgehead atoms. The van der Waals surface area contributed by atoms with Crippen LogP contribution < -0.4 is 4.90 Å². The maximum atomic E-state index is 13.4. The van der Waals surface area contributed by atoms with Crippen molar-refractivity contribution >= 4 is 11.6 Å². The molecule has 4 heterocycles. The molecule has 0 spiro atoms. The van der Waals surface area contributed by atoms with Gasteiger partial charge in [-0.25, -0.2) is 0 Å². The van der Waals surface area contributed by atoms with Gasteiger partial charge in [-0.1, -0.05) is 113 Å². The van der Waals surface area contributed by atoms with Crippen molar-refractivity contribution in [3.63, 3.8) is 0 Å². The zero-order chi connectivity index (χ0) is 30.5. The van der Waals surface area contributed by atoms with E-state index in [-0.39, 0.29) is 26.9 Å². The summed E-state index contributed by atoms with van der Waals surface area (Å²) in [7, 11) is 0. The van der Waals surface area contributed by atoms with Gasteiger partial charge in [-0.15, -0.1) is 12.1 Å². The summed E-state index contributed by atoms with van der Waals surface area (Å²) in [5, 5.41) is 8.23. The summed E-state index contributed by atoms with van der Waals surface area (Å²) >= 11 is 0. The molecule has 0 aliphatic rings. The molecule has 44 heavy (non-hydrogen) atoms. The third-order valence-electron chi connectivity index (χ3n) is 7.43. The number of aryl methyl sites for hydroxylation is 1. The largest absolute Gasteiger partial charge is 2.00 e. The van der Waals surface area contributed by atoms with Crippen LogP contribution in [0.15, 0.2) is 78.9 Å². The Bertz CT molecular complexity index is 1620. The Morgan fingerprint density at radius 1 is 0.727 bits per heavy atom. The van der Waals surface area contributed by atoms with Crippen LogP contribution in [0.5, 0.6) is 0 Å². The average molecular weight is 781 g/mol. The number of nitrogens with zero attached hydrogens (tertiary/aromatic N) is 7. The van der Waals surface area contributed by atoms with E-state index in [1.54, 1.807) is 22.9 Å². The second-order valence-electron chi connectivity index (χ2n) is 10.5. The summed E-state index contributed by atoms with van der Waals surface area (Å²) in [6.07, 6.45) is 6.59. The first-order valence-electron chi connectivity index (χ1n) is 14.5. The summed E-state index contributed by atoms with van der Waals surface area (Å²) in [4.78, 5) is 12.1. The van der Waals surface area contributed by atoms with Gasteiger partial charge in [-0.05, 0) is 36.2 Å². The van der Waals surface area contributed by atoms with Crippen molar-refractivity contribution in [1.82, 2.24) is 29.5 Å².